The Morgan fingerprint density at radius 2 is 1.36 bits per heavy atom. The largest absolute Gasteiger partial charge is 0.507 e. The highest BCUT2D eigenvalue weighted by Crippen LogP contribution is 2.43. The molecule has 0 spiro atoms. The van der Waals surface area contributed by atoms with Gasteiger partial charge in [-0.2, -0.15) is 0 Å². The zero-order chi connectivity index (χ0) is 25.7. The smallest absolute Gasteiger partial charge is 0.300 e. The molecule has 1 saturated heterocycles. The molecule has 0 bridgehead atoms. The van der Waals surface area contributed by atoms with Crippen molar-refractivity contribution < 1.29 is 28.9 Å². The van der Waals surface area contributed by atoms with Crippen LogP contribution in [-0.4, -0.2) is 36.6 Å². The molecule has 0 aromatic heterocycles. The fourth-order valence-electron chi connectivity index (χ4n) is 4.28. The summed E-state index contributed by atoms with van der Waals surface area (Å²) in [5, 5.41) is 11.3. The second kappa shape index (κ2) is 11.0. The third-order valence-electron chi connectivity index (χ3n) is 5.77. The van der Waals surface area contributed by atoms with Crippen LogP contribution in [0.15, 0.2) is 78.4 Å². The maximum absolute atomic E-state index is 13.4. The number of ketones is 1. The Hall–Kier alpha value is -4.26. The van der Waals surface area contributed by atoms with Crippen LogP contribution in [0.3, 0.4) is 0 Å². The van der Waals surface area contributed by atoms with Crippen molar-refractivity contribution in [2.24, 2.45) is 0 Å². The van der Waals surface area contributed by atoms with E-state index in [0.29, 0.717) is 53.9 Å². The average Bonchev–Trinajstić information content (AvgIpc) is 3.15. The number of hydrogen-bond donors (Lipinski definition) is 1. The molecule has 0 radical (unpaired) electrons. The van der Waals surface area contributed by atoms with E-state index in [1.807, 2.05) is 26.8 Å². The number of ether oxygens (including phenoxy) is 3. The van der Waals surface area contributed by atoms with E-state index in [1.54, 1.807) is 66.7 Å². The van der Waals surface area contributed by atoms with Gasteiger partial charge in [0.1, 0.15) is 23.0 Å². The first-order valence-corrected chi connectivity index (χ1v) is 12.0. The van der Waals surface area contributed by atoms with Crippen LogP contribution >= 0.6 is 0 Å². The van der Waals surface area contributed by atoms with Gasteiger partial charge in [0, 0.05) is 17.3 Å². The lowest BCUT2D eigenvalue weighted by Crippen LogP contribution is -2.29. The average molecular weight is 488 g/mol. The van der Waals surface area contributed by atoms with Gasteiger partial charge >= 0.3 is 0 Å². The molecule has 36 heavy (non-hydrogen) atoms. The SMILES string of the molecule is CCOc1ccc(/C(O)=C2\C(=O)C(=O)N(c3cccc(OCC)c3)C2c2cccc(OCC)c2)cc1. The number of anilines is 1. The molecule has 1 unspecified atom stereocenters. The van der Waals surface area contributed by atoms with Crippen LogP contribution in [0, 0.1) is 0 Å². The van der Waals surface area contributed by atoms with Crippen molar-refractivity contribution in [2.75, 3.05) is 24.7 Å². The van der Waals surface area contributed by atoms with Gasteiger partial charge < -0.3 is 19.3 Å². The number of aliphatic hydroxyl groups is 1. The highest BCUT2D eigenvalue weighted by atomic mass is 16.5. The van der Waals surface area contributed by atoms with Crippen molar-refractivity contribution >= 4 is 23.1 Å². The lowest BCUT2D eigenvalue weighted by atomic mass is 9.95. The van der Waals surface area contributed by atoms with Crippen LogP contribution in [0.1, 0.15) is 37.9 Å². The minimum absolute atomic E-state index is 0.000351. The molecule has 1 heterocycles. The molecule has 7 heteroatoms. The van der Waals surface area contributed by atoms with Gasteiger partial charge in [0.15, 0.2) is 0 Å². The van der Waals surface area contributed by atoms with E-state index in [0.717, 1.165) is 0 Å². The molecule has 1 N–H and O–H groups in total. The zero-order valence-corrected chi connectivity index (χ0v) is 20.6. The second-order valence-electron chi connectivity index (χ2n) is 8.06. The minimum Gasteiger partial charge on any atom is -0.507 e. The zero-order valence-electron chi connectivity index (χ0n) is 20.6. The van der Waals surface area contributed by atoms with Crippen molar-refractivity contribution in [1.82, 2.24) is 0 Å². The fourth-order valence-corrected chi connectivity index (χ4v) is 4.28. The Bertz CT molecular complexity index is 1280. The molecule has 1 aliphatic rings. The molecular formula is C29H29NO6. The van der Waals surface area contributed by atoms with E-state index in [9.17, 15) is 14.7 Å². The summed E-state index contributed by atoms with van der Waals surface area (Å²) >= 11 is 0. The molecule has 1 fully saturated rings. The maximum atomic E-state index is 13.4. The van der Waals surface area contributed by atoms with Crippen molar-refractivity contribution in [3.63, 3.8) is 0 Å². The first-order chi connectivity index (χ1) is 17.5. The van der Waals surface area contributed by atoms with Crippen molar-refractivity contribution in [1.29, 1.82) is 0 Å². The molecule has 1 amide bonds. The number of carbonyl (C=O) groups excluding carboxylic acids is 2. The van der Waals surface area contributed by atoms with Crippen LogP contribution < -0.4 is 19.1 Å². The van der Waals surface area contributed by atoms with E-state index in [4.69, 9.17) is 14.2 Å². The highest BCUT2D eigenvalue weighted by molar-refractivity contribution is 6.51. The summed E-state index contributed by atoms with van der Waals surface area (Å²) in [4.78, 5) is 28.2. The fraction of sp³-hybridized carbons (Fsp3) is 0.241. The molecule has 186 valence electrons. The number of nitrogens with zero attached hydrogens (tertiary/aromatic N) is 1. The molecule has 0 aliphatic carbocycles. The molecule has 1 atom stereocenters. The highest BCUT2D eigenvalue weighted by Gasteiger charge is 2.47. The van der Waals surface area contributed by atoms with Crippen LogP contribution in [0.25, 0.3) is 5.76 Å². The van der Waals surface area contributed by atoms with Gasteiger partial charge in [-0.1, -0.05) is 18.2 Å². The van der Waals surface area contributed by atoms with Crippen LogP contribution in [0.2, 0.25) is 0 Å². The molecule has 3 aromatic carbocycles. The Morgan fingerprint density at radius 3 is 2.00 bits per heavy atom. The summed E-state index contributed by atoms with van der Waals surface area (Å²) in [5.41, 5.74) is 1.53. The number of amides is 1. The number of Topliss-reactive ketones (excluding diaryl/α,β-unsaturated/α-hetero) is 1. The summed E-state index contributed by atoms with van der Waals surface area (Å²) in [6.07, 6.45) is 0. The molecular weight excluding hydrogens is 458 g/mol. The number of carbonyl (C=O) groups is 2. The van der Waals surface area contributed by atoms with Gasteiger partial charge in [0.2, 0.25) is 0 Å². The predicted octanol–water partition coefficient (Wildman–Crippen LogP) is 5.51. The lowest BCUT2D eigenvalue weighted by Gasteiger charge is -2.26. The van der Waals surface area contributed by atoms with E-state index < -0.39 is 17.7 Å². The number of benzene rings is 3. The van der Waals surface area contributed by atoms with Gasteiger partial charge in [0.05, 0.1) is 31.4 Å². The molecule has 3 aromatic rings. The molecule has 4 rings (SSSR count). The van der Waals surface area contributed by atoms with Gasteiger partial charge in [0.25, 0.3) is 11.7 Å². The normalized spacial score (nSPS) is 16.8. The molecule has 1 aliphatic heterocycles. The van der Waals surface area contributed by atoms with Crippen LogP contribution in [0.5, 0.6) is 17.2 Å². The van der Waals surface area contributed by atoms with Crippen molar-refractivity contribution in [3.8, 4) is 17.2 Å². The maximum Gasteiger partial charge on any atom is 0.300 e. The van der Waals surface area contributed by atoms with Crippen LogP contribution in [0.4, 0.5) is 5.69 Å². The van der Waals surface area contributed by atoms with Crippen LogP contribution in [-0.2, 0) is 9.59 Å². The van der Waals surface area contributed by atoms with Gasteiger partial charge in [-0.25, -0.2) is 0 Å². The quantitative estimate of drug-likeness (QED) is 0.243. The Kier molecular flexibility index (Phi) is 7.59. The summed E-state index contributed by atoms with van der Waals surface area (Å²) in [7, 11) is 0. The van der Waals surface area contributed by atoms with E-state index in [-0.39, 0.29) is 11.3 Å². The Morgan fingerprint density at radius 1 is 0.778 bits per heavy atom. The lowest BCUT2D eigenvalue weighted by molar-refractivity contribution is -0.132. The first kappa shape index (κ1) is 24.9. The summed E-state index contributed by atoms with van der Waals surface area (Å²) < 4.78 is 16.8. The van der Waals surface area contributed by atoms with Gasteiger partial charge in [-0.15, -0.1) is 0 Å². The minimum atomic E-state index is -0.867. The van der Waals surface area contributed by atoms with Crippen molar-refractivity contribution in [3.05, 3.63) is 89.5 Å². The van der Waals surface area contributed by atoms with Crippen molar-refractivity contribution in [2.45, 2.75) is 26.8 Å². The van der Waals surface area contributed by atoms with Gasteiger partial charge in [-0.05, 0) is 74.9 Å². The third-order valence-corrected chi connectivity index (χ3v) is 5.77. The summed E-state index contributed by atoms with van der Waals surface area (Å²) in [6.45, 7) is 7.06. The molecule has 0 saturated carbocycles. The monoisotopic (exact) mass is 487 g/mol. The summed E-state index contributed by atoms with van der Waals surface area (Å²) in [6, 6.07) is 20.1. The summed E-state index contributed by atoms with van der Waals surface area (Å²) in [5.74, 6) is 0.0581. The first-order valence-electron chi connectivity index (χ1n) is 12.0. The third kappa shape index (κ3) is 4.91. The van der Waals surface area contributed by atoms with E-state index in [2.05, 4.69) is 0 Å². The Balaban J connectivity index is 1.88. The second-order valence-corrected chi connectivity index (χ2v) is 8.06. The Labute approximate surface area is 210 Å². The number of rotatable bonds is 9. The predicted molar refractivity (Wildman–Crippen MR) is 138 cm³/mol. The number of aliphatic hydroxyl groups excluding tert-OH is 1. The van der Waals surface area contributed by atoms with E-state index in [1.165, 1.54) is 4.90 Å². The van der Waals surface area contributed by atoms with Gasteiger partial charge in [-0.3, -0.25) is 14.5 Å². The topological polar surface area (TPSA) is 85.3 Å². The standard InChI is InChI=1S/C29H29NO6/c1-4-34-22-15-13-19(14-16-22)27(31)25-26(20-9-7-11-23(17-20)35-5-2)30(29(33)28(25)32)21-10-8-12-24(18-21)36-6-3/h7-18,26,31H,4-6H2,1-3H3/b27-25+. The number of hydrogen-bond acceptors (Lipinski definition) is 6. The molecule has 7 nitrogen and oxygen atoms in total. The van der Waals surface area contributed by atoms with E-state index >= 15 is 0 Å².